The molecule has 0 saturated heterocycles. The Morgan fingerprint density at radius 2 is 1.88 bits per heavy atom. The fourth-order valence-electron chi connectivity index (χ4n) is 1.42. The van der Waals surface area contributed by atoms with Gasteiger partial charge in [-0.1, -0.05) is 30.3 Å². The van der Waals surface area contributed by atoms with Crippen LogP contribution in [0.4, 0.5) is 0 Å². The SMILES string of the molecule is O=C(O)C(=CNC1CC1)C(=O)c1ccccc1. The number of benzene rings is 1. The molecule has 17 heavy (non-hydrogen) atoms. The summed E-state index contributed by atoms with van der Waals surface area (Å²) in [5.74, 6) is -1.67. The van der Waals surface area contributed by atoms with Gasteiger partial charge in [-0.3, -0.25) is 4.79 Å². The van der Waals surface area contributed by atoms with Crippen LogP contribution in [0.5, 0.6) is 0 Å². The fourth-order valence-corrected chi connectivity index (χ4v) is 1.42. The first-order valence-corrected chi connectivity index (χ1v) is 5.48. The van der Waals surface area contributed by atoms with Gasteiger partial charge in [-0.25, -0.2) is 4.79 Å². The number of ketones is 1. The van der Waals surface area contributed by atoms with Crippen molar-refractivity contribution < 1.29 is 14.7 Å². The van der Waals surface area contributed by atoms with E-state index < -0.39 is 11.8 Å². The third-order valence-electron chi connectivity index (χ3n) is 2.55. The molecular weight excluding hydrogens is 218 g/mol. The lowest BCUT2D eigenvalue weighted by Gasteiger charge is -2.03. The third kappa shape index (κ3) is 2.93. The molecule has 1 saturated carbocycles. The Labute approximate surface area is 99.0 Å². The highest BCUT2D eigenvalue weighted by Gasteiger charge is 2.23. The Kier molecular flexibility index (Phi) is 3.23. The summed E-state index contributed by atoms with van der Waals surface area (Å²) in [6.07, 6.45) is 3.38. The van der Waals surface area contributed by atoms with E-state index in [1.807, 2.05) is 0 Å². The Morgan fingerprint density at radius 1 is 1.24 bits per heavy atom. The molecule has 1 fully saturated rings. The van der Waals surface area contributed by atoms with Gasteiger partial charge in [0.05, 0.1) is 0 Å². The molecule has 0 radical (unpaired) electrons. The van der Waals surface area contributed by atoms with Crippen LogP contribution in [0.1, 0.15) is 23.2 Å². The average molecular weight is 231 g/mol. The van der Waals surface area contributed by atoms with Crippen LogP contribution in [0.15, 0.2) is 42.1 Å². The minimum Gasteiger partial charge on any atom is -0.477 e. The van der Waals surface area contributed by atoms with Crippen LogP contribution in [0.25, 0.3) is 0 Å². The predicted octanol–water partition coefficient (Wildman–Crippen LogP) is 1.59. The van der Waals surface area contributed by atoms with Gasteiger partial charge in [-0.15, -0.1) is 0 Å². The Hall–Kier alpha value is -2.10. The maximum absolute atomic E-state index is 11.9. The van der Waals surface area contributed by atoms with E-state index in [0.29, 0.717) is 11.6 Å². The second-order valence-electron chi connectivity index (χ2n) is 4.00. The second kappa shape index (κ2) is 4.82. The van der Waals surface area contributed by atoms with E-state index in [0.717, 1.165) is 12.8 Å². The van der Waals surface area contributed by atoms with Gasteiger partial charge >= 0.3 is 5.97 Å². The Morgan fingerprint density at radius 3 is 2.41 bits per heavy atom. The van der Waals surface area contributed by atoms with Crippen LogP contribution < -0.4 is 5.32 Å². The highest BCUT2D eigenvalue weighted by Crippen LogP contribution is 2.19. The summed E-state index contributed by atoms with van der Waals surface area (Å²) in [4.78, 5) is 22.9. The highest BCUT2D eigenvalue weighted by atomic mass is 16.4. The first kappa shape index (κ1) is 11.4. The number of hydrogen-bond donors (Lipinski definition) is 2. The molecule has 2 rings (SSSR count). The molecule has 0 bridgehead atoms. The minimum atomic E-state index is -1.20. The van der Waals surface area contributed by atoms with Crippen molar-refractivity contribution >= 4 is 11.8 Å². The van der Waals surface area contributed by atoms with Crippen molar-refractivity contribution in [2.45, 2.75) is 18.9 Å². The smallest absolute Gasteiger partial charge is 0.341 e. The number of rotatable bonds is 5. The maximum atomic E-state index is 11.9. The summed E-state index contributed by atoms with van der Waals surface area (Å²) >= 11 is 0. The lowest BCUT2D eigenvalue weighted by molar-refractivity contribution is -0.132. The Bertz CT molecular complexity index is 461. The average Bonchev–Trinajstić information content (AvgIpc) is 3.14. The molecule has 0 spiro atoms. The summed E-state index contributed by atoms with van der Waals surface area (Å²) in [6, 6.07) is 8.74. The molecule has 1 aromatic rings. The van der Waals surface area contributed by atoms with E-state index in [4.69, 9.17) is 5.11 Å². The molecule has 4 nitrogen and oxygen atoms in total. The zero-order valence-corrected chi connectivity index (χ0v) is 9.22. The summed E-state index contributed by atoms with van der Waals surface area (Å²) in [7, 11) is 0. The zero-order valence-electron chi connectivity index (χ0n) is 9.22. The molecule has 0 amide bonds. The van der Waals surface area contributed by atoms with E-state index in [1.54, 1.807) is 30.3 Å². The summed E-state index contributed by atoms with van der Waals surface area (Å²) < 4.78 is 0. The van der Waals surface area contributed by atoms with Gasteiger partial charge in [0, 0.05) is 17.8 Å². The lowest BCUT2D eigenvalue weighted by atomic mass is 10.0. The van der Waals surface area contributed by atoms with E-state index in [1.165, 1.54) is 6.20 Å². The zero-order chi connectivity index (χ0) is 12.3. The largest absolute Gasteiger partial charge is 0.477 e. The number of carbonyl (C=O) groups is 2. The van der Waals surface area contributed by atoms with Crippen molar-refractivity contribution in [1.29, 1.82) is 0 Å². The van der Waals surface area contributed by atoms with E-state index in [2.05, 4.69) is 5.32 Å². The number of Topliss-reactive ketones (excluding diaryl/α,β-unsaturated/α-hetero) is 1. The van der Waals surface area contributed by atoms with E-state index in [-0.39, 0.29) is 5.57 Å². The maximum Gasteiger partial charge on any atom is 0.341 e. The molecule has 1 aromatic carbocycles. The number of carboxylic acids is 1. The fraction of sp³-hybridized carbons (Fsp3) is 0.231. The molecule has 1 aliphatic rings. The molecule has 0 atom stereocenters. The summed E-state index contributed by atoms with van der Waals surface area (Å²) in [5, 5.41) is 11.9. The van der Waals surface area contributed by atoms with Crippen molar-refractivity contribution in [3.63, 3.8) is 0 Å². The standard InChI is InChI=1S/C13H13NO3/c15-12(9-4-2-1-3-5-9)11(13(16)17)8-14-10-6-7-10/h1-5,8,10,14H,6-7H2,(H,16,17). The van der Waals surface area contributed by atoms with Gasteiger partial charge in [0.25, 0.3) is 0 Å². The molecular formula is C13H13NO3. The number of carboxylic acid groups (broad SMARTS) is 1. The van der Waals surface area contributed by atoms with Crippen molar-refractivity contribution in [2.75, 3.05) is 0 Å². The van der Waals surface area contributed by atoms with Crippen LogP contribution in [0.3, 0.4) is 0 Å². The molecule has 0 aliphatic heterocycles. The predicted molar refractivity (Wildman–Crippen MR) is 62.6 cm³/mol. The lowest BCUT2D eigenvalue weighted by Crippen LogP contribution is -2.18. The molecule has 0 heterocycles. The van der Waals surface area contributed by atoms with Gasteiger partial charge in [0.15, 0.2) is 0 Å². The number of nitrogens with one attached hydrogen (secondary N) is 1. The quantitative estimate of drug-likeness (QED) is 0.349. The number of hydrogen-bond acceptors (Lipinski definition) is 3. The first-order valence-electron chi connectivity index (χ1n) is 5.48. The van der Waals surface area contributed by atoms with Crippen LogP contribution in [0, 0.1) is 0 Å². The second-order valence-corrected chi connectivity index (χ2v) is 4.00. The van der Waals surface area contributed by atoms with Crippen LogP contribution in [-0.2, 0) is 4.79 Å². The van der Waals surface area contributed by atoms with Crippen molar-refractivity contribution in [2.24, 2.45) is 0 Å². The number of aliphatic carboxylic acids is 1. The van der Waals surface area contributed by atoms with Gasteiger partial charge in [-0.2, -0.15) is 0 Å². The molecule has 0 aromatic heterocycles. The molecule has 2 N–H and O–H groups in total. The van der Waals surface area contributed by atoms with Gasteiger partial charge in [0.1, 0.15) is 5.57 Å². The minimum absolute atomic E-state index is 0.219. The highest BCUT2D eigenvalue weighted by molar-refractivity contribution is 6.23. The van der Waals surface area contributed by atoms with Crippen molar-refractivity contribution in [1.82, 2.24) is 5.32 Å². The first-order chi connectivity index (χ1) is 8.18. The number of carbonyl (C=O) groups excluding carboxylic acids is 1. The Balaban J connectivity index is 2.18. The van der Waals surface area contributed by atoms with Crippen LogP contribution >= 0.6 is 0 Å². The van der Waals surface area contributed by atoms with Crippen molar-refractivity contribution in [3.8, 4) is 0 Å². The normalized spacial score (nSPS) is 15.4. The molecule has 1 aliphatic carbocycles. The van der Waals surface area contributed by atoms with Crippen LogP contribution in [0.2, 0.25) is 0 Å². The molecule has 0 unspecified atom stereocenters. The van der Waals surface area contributed by atoms with Crippen molar-refractivity contribution in [3.05, 3.63) is 47.7 Å². The summed E-state index contributed by atoms with van der Waals surface area (Å²) in [6.45, 7) is 0. The van der Waals surface area contributed by atoms with E-state index >= 15 is 0 Å². The summed E-state index contributed by atoms with van der Waals surface area (Å²) in [5.41, 5.74) is 0.168. The third-order valence-corrected chi connectivity index (χ3v) is 2.55. The molecule has 4 heteroatoms. The van der Waals surface area contributed by atoms with Gasteiger partial charge in [-0.05, 0) is 12.8 Å². The topological polar surface area (TPSA) is 66.4 Å². The monoisotopic (exact) mass is 231 g/mol. The van der Waals surface area contributed by atoms with Gasteiger partial charge in [0.2, 0.25) is 5.78 Å². The van der Waals surface area contributed by atoms with Gasteiger partial charge < -0.3 is 10.4 Å². The van der Waals surface area contributed by atoms with Crippen LogP contribution in [-0.4, -0.2) is 22.9 Å². The van der Waals surface area contributed by atoms with E-state index in [9.17, 15) is 9.59 Å². The molecule has 88 valence electrons.